The van der Waals surface area contributed by atoms with Gasteiger partial charge in [-0.05, 0) is 56.4 Å². The molecule has 0 heterocycles. The van der Waals surface area contributed by atoms with Crippen LogP contribution in [-0.4, -0.2) is 17.9 Å². The number of amides is 2. The number of nitrogens with one attached hydrogen (secondary N) is 2. The second-order valence-electron chi connectivity index (χ2n) is 6.10. The maximum absolute atomic E-state index is 12.1. The molecule has 112 valence electrons. The summed E-state index contributed by atoms with van der Waals surface area (Å²) in [7, 11) is 0. The predicted molar refractivity (Wildman–Crippen MR) is 81.7 cm³/mol. The fourth-order valence-corrected chi connectivity index (χ4v) is 2.73. The smallest absolute Gasteiger partial charge is 0.227 e. The molecule has 2 fully saturated rings. The first-order valence-corrected chi connectivity index (χ1v) is 7.59. The Labute approximate surface area is 124 Å². The highest BCUT2D eigenvalue weighted by Gasteiger charge is 2.29. The van der Waals surface area contributed by atoms with Gasteiger partial charge in [0.1, 0.15) is 0 Å². The Kier molecular flexibility index (Phi) is 3.92. The van der Waals surface area contributed by atoms with Crippen LogP contribution in [0.15, 0.2) is 24.3 Å². The van der Waals surface area contributed by atoms with E-state index in [1.165, 1.54) is 0 Å². The molecule has 1 aromatic carbocycles. The van der Waals surface area contributed by atoms with E-state index in [4.69, 9.17) is 5.73 Å². The zero-order chi connectivity index (χ0) is 14.8. The molecule has 3 rings (SSSR count). The van der Waals surface area contributed by atoms with Crippen LogP contribution in [0.1, 0.15) is 32.1 Å². The fraction of sp³-hybridized carbons (Fsp3) is 0.500. The summed E-state index contributed by atoms with van der Waals surface area (Å²) < 4.78 is 0. The van der Waals surface area contributed by atoms with Crippen LogP contribution in [-0.2, 0) is 9.59 Å². The molecule has 0 aliphatic heterocycles. The summed E-state index contributed by atoms with van der Waals surface area (Å²) in [6, 6.07) is 7.41. The van der Waals surface area contributed by atoms with Crippen molar-refractivity contribution in [3.8, 4) is 0 Å². The molecule has 0 radical (unpaired) electrons. The number of hydrogen-bond donors (Lipinski definition) is 3. The van der Waals surface area contributed by atoms with Gasteiger partial charge in [0.25, 0.3) is 0 Å². The molecule has 0 aromatic heterocycles. The van der Waals surface area contributed by atoms with E-state index in [2.05, 4.69) is 10.6 Å². The minimum Gasteiger partial charge on any atom is -0.328 e. The molecule has 4 N–H and O–H groups in total. The number of benzene rings is 1. The van der Waals surface area contributed by atoms with Crippen molar-refractivity contribution < 1.29 is 9.59 Å². The molecule has 0 saturated heterocycles. The van der Waals surface area contributed by atoms with Crippen molar-refractivity contribution in [3.05, 3.63) is 24.3 Å². The summed E-state index contributed by atoms with van der Waals surface area (Å²) in [6.07, 6.45) is 4.53. The summed E-state index contributed by atoms with van der Waals surface area (Å²) in [6.45, 7) is 0. The van der Waals surface area contributed by atoms with Gasteiger partial charge in [-0.3, -0.25) is 9.59 Å². The molecule has 5 heteroatoms. The Morgan fingerprint density at radius 3 is 1.76 bits per heavy atom. The Morgan fingerprint density at radius 1 is 0.857 bits per heavy atom. The quantitative estimate of drug-likeness (QED) is 0.793. The maximum Gasteiger partial charge on any atom is 0.227 e. The molecule has 2 atom stereocenters. The van der Waals surface area contributed by atoms with Gasteiger partial charge >= 0.3 is 0 Å². The minimum absolute atomic E-state index is 0.0224. The highest BCUT2D eigenvalue weighted by molar-refractivity contribution is 5.95. The third-order valence-corrected chi connectivity index (χ3v) is 4.21. The van der Waals surface area contributed by atoms with E-state index in [0.717, 1.165) is 43.5 Å². The third-order valence-electron chi connectivity index (χ3n) is 4.21. The first kappa shape index (κ1) is 14.1. The van der Waals surface area contributed by atoms with Gasteiger partial charge < -0.3 is 16.4 Å². The van der Waals surface area contributed by atoms with Gasteiger partial charge in [0.05, 0.1) is 0 Å². The molecule has 21 heavy (non-hydrogen) atoms. The van der Waals surface area contributed by atoms with E-state index in [1.54, 1.807) is 0 Å². The van der Waals surface area contributed by atoms with Gasteiger partial charge in [-0.25, -0.2) is 0 Å². The third kappa shape index (κ3) is 3.61. The second-order valence-corrected chi connectivity index (χ2v) is 6.10. The van der Waals surface area contributed by atoms with Crippen LogP contribution in [0.2, 0.25) is 0 Å². The average Bonchev–Trinajstić information content (AvgIpc) is 3.23. The molecule has 2 unspecified atom stereocenters. The van der Waals surface area contributed by atoms with Gasteiger partial charge in [-0.1, -0.05) is 0 Å². The molecule has 1 aromatic rings. The summed E-state index contributed by atoms with van der Waals surface area (Å²) >= 11 is 0. The standard InChI is InChI=1S/C16H21N3O2/c17-12-4-3-11(9-12)16(21)19-14-7-5-13(6-8-14)18-15(20)10-1-2-10/h5-8,10-12H,1-4,9,17H2,(H,18,20)(H,19,21). The number of hydrogen-bond acceptors (Lipinski definition) is 3. The average molecular weight is 287 g/mol. The predicted octanol–water partition coefficient (Wildman–Crippen LogP) is 2.10. The van der Waals surface area contributed by atoms with Crippen molar-refractivity contribution >= 4 is 23.2 Å². The lowest BCUT2D eigenvalue weighted by atomic mass is 10.1. The Hall–Kier alpha value is -1.88. The van der Waals surface area contributed by atoms with Crippen molar-refractivity contribution in [2.75, 3.05) is 10.6 Å². The monoisotopic (exact) mass is 287 g/mol. The van der Waals surface area contributed by atoms with Crippen LogP contribution in [0, 0.1) is 11.8 Å². The van der Waals surface area contributed by atoms with E-state index < -0.39 is 0 Å². The molecule has 5 nitrogen and oxygen atoms in total. The minimum atomic E-state index is 0.0224. The van der Waals surface area contributed by atoms with Crippen LogP contribution in [0.5, 0.6) is 0 Å². The topological polar surface area (TPSA) is 84.2 Å². The van der Waals surface area contributed by atoms with Gasteiger partial charge in [0.15, 0.2) is 0 Å². The van der Waals surface area contributed by atoms with Gasteiger partial charge in [0, 0.05) is 29.3 Å². The first-order valence-electron chi connectivity index (χ1n) is 7.59. The Bertz CT molecular complexity index is 537. The number of carbonyl (C=O) groups is 2. The zero-order valence-corrected chi connectivity index (χ0v) is 12.0. The van der Waals surface area contributed by atoms with Crippen molar-refractivity contribution in [2.24, 2.45) is 17.6 Å². The van der Waals surface area contributed by atoms with Crippen LogP contribution in [0.4, 0.5) is 11.4 Å². The normalized spacial score (nSPS) is 24.6. The first-order chi connectivity index (χ1) is 10.1. The van der Waals surface area contributed by atoms with E-state index >= 15 is 0 Å². The number of rotatable bonds is 4. The van der Waals surface area contributed by atoms with Gasteiger partial charge in [0.2, 0.25) is 11.8 Å². The molecule has 2 aliphatic carbocycles. The highest BCUT2D eigenvalue weighted by atomic mass is 16.2. The molecule has 2 saturated carbocycles. The lowest BCUT2D eigenvalue weighted by molar-refractivity contribution is -0.119. The number of nitrogens with two attached hydrogens (primary N) is 1. The Morgan fingerprint density at radius 2 is 1.33 bits per heavy atom. The van der Waals surface area contributed by atoms with Crippen molar-refractivity contribution in [3.63, 3.8) is 0 Å². The second kappa shape index (κ2) is 5.85. The van der Waals surface area contributed by atoms with Crippen LogP contribution < -0.4 is 16.4 Å². The molecular formula is C16H21N3O2. The lowest BCUT2D eigenvalue weighted by Crippen LogP contribution is -2.23. The molecule has 0 bridgehead atoms. The number of carbonyl (C=O) groups excluding carboxylic acids is 2. The van der Waals surface area contributed by atoms with E-state index in [-0.39, 0.29) is 29.7 Å². The highest BCUT2D eigenvalue weighted by Crippen LogP contribution is 2.30. The molecule has 0 spiro atoms. The summed E-state index contributed by atoms with van der Waals surface area (Å²) in [4.78, 5) is 23.7. The molecular weight excluding hydrogens is 266 g/mol. The largest absolute Gasteiger partial charge is 0.328 e. The van der Waals surface area contributed by atoms with Crippen molar-refractivity contribution in [1.82, 2.24) is 0 Å². The van der Waals surface area contributed by atoms with E-state index in [1.807, 2.05) is 24.3 Å². The SMILES string of the molecule is NC1CCC(C(=O)Nc2ccc(NC(=O)C3CC3)cc2)C1. The number of anilines is 2. The van der Waals surface area contributed by atoms with E-state index in [0.29, 0.717) is 0 Å². The molecule has 2 aliphatic rings. The summed E-state index contributed by atoms with van der Waals surface area (Å²) in [5.74, 6) is 0.342. The van der Waals surface area contributed by atoms with Crippen LogP contribution in [0.25, 0.3) is 0 Å². The fourth-order valence-electron chi connectivity index (χ4n) is 2.73. The summed E-state index contributed by atoms with van der Waals surface area (Å²) in [5.41, 5.74) is 7.36. The van der Waals surface area contributed by atoms with Crippen molar-refractivity contribution in [1.29, 1.82) is 0 Å². The summed E-state index contributed by atoms with van der Waals surface area (Å²) in [5, 5.41) is 5.79. The van der Waals surface area contributed by atoms with Crippen LogP contribution >= 0.6 is 0 Å². The lowest BCUT2D eigenvalue weighted by Gasteiger charge is -2.11. The van der Waals surface area contributed by atoms with Gasteiger partial charge in [-0.2, -0.15) is 0 Å². The Balaban J connectivity index is 1.54. The molecule has 2 amide bonds. The van der Waals surface area contributed by atoms with E-state index in [9.17, 15) is 9.59 Å². The van der Waals surface area contributed by atoms with Crippen LogP contribution in [0.3, 0.4) is 0 Å². The zero-order valence-electron chi connectivity index (χ0n) is 12.0. The maximum atomic E-state index is 12.1. The van der Waals surface area contributed by atoms with Crippen molar-refractivity contribution in [2.45, 2.75) is 38.1 Å². The van der Waals surface area contributed by atoms with Gasteiger partial charge in [-0.15, -0.1) is 0 Å².